The van der Waals surface area contributed by atoms with Gasteiger partial charge in [0, 0.05) is 22.9 Å². The van der Waals surface area contributed by atoms with Crippen LogP contribution in [0.2, 0.25) is 0 Å². The quantitative estimate of drug-likeness (QED) is 0.0667. The molecule has 0 aliphatic rings. The first-order chi connectivity index (χ1) is 27.5. The molecule has 0 fully saturated rings. The summed E-state index contributed by atoms with van der Waals surface area (Å²) in [4.78, 5) is 23.2. The van der Waals surface area contributed by atoms with E-state index in [9.17, 15) is 9.59 Å². The average Bonchev–Trinajstić information content (AvgIpc) is 3.25. The van der Waals surface area contributed by atoms with E-state index in [1.807, 2.05) is 36.4 Å². The molecule has 56 heavy (non-hydrogen) atoms. The molecule has 0 saturated carbocycles. The summed E-state index contributed by atoms with van der Waals surface area (Å²) >= 11 is 0. The Kier molecular flexibility index (Phi) is 10.3. The van der Waals surface area contributed by atoms with Crippen molar-refractivity contribution in [3.05, 3.63) is 171 Å². The van der Waals surface area contributed by atoms with Gasteiger partial charge in [0.2, 0.25) is 0 Å². The van der Waals surface area contributed by atoms with Crippen LogP contribution in [0, 0.1) is 0 Å². The van der Waals surface area contributed by atoms with Gasteiger partial charge in [-0.3, -0.25) is 0 Å². The number of rotatable bonds is 13. The number of esters is 2. The first-order valence-electron chi connectivity index (χ1n) is 18.5. The minimum absolute atomic E-state index is 0.118. The highest BCUT2D eigenvalue weighted by molar-refractivity contribution is 6.11. The number of benzene rings is 8. The maximum Gasteiger partial charge on any atom is 0.330 e. The lowest BCUT2D eigenvalue weighted by Gasteiger charge is -2.20. The van der Waals surface area contributed by atoms with E-state index in [1.165, 1.54) is 0 Å². The summed E-state index contributed by atoms with van der Waals surface area (Å²) in [5, 5.41) is 8.53. The molecule has 0 radical (unpaired) electrons. The standard InChI is InChI=1S/C50H38O6/c1-3-49(51)55-27-25-53-47-23-21-39(37-17-9-11-19-41(37)47)43-29-33-13-5-7-15-35(33)31-45(43)46-32-36-16-8-6-14-34(36)30-44(46)40-22-24-48(42-20-12-10-18-38(40)42)54-26-28-56-50(52)4-2/h3-24,29-32H,1-2,25-28H2. The lowest BCUT2D eigenvalue weighted by molar-refractivity contribution is -0.139. The Morgan fingerprint density at radius 2 is 0.714 bits per heavy atom. The summed E-state index contributed by atoms with van der Waals surface area (Å²) in [7, 11) is 0. The third kappa shape index (κ3) is 7.20. The molecule has 0 spiro atoms. The molecular weight excluding hydrogens is 697 g/mol. The van der Waals surface area contributed by atoms with Gasteiger partial charge in [-0.25, -0.2) is 9.59 Å². The van der Waals surface area contributed by atoms with Gasteiger partial charge < -0.3 is 18.9 Å². The second kappa shape index (κ2) is 16.0. The molecule has 8 rings (SSSR count). The lowest BCUT2D eigenvalue weighted by Crippen LogP contribution is -2.10. The minimum atomic E-state index is -0.480. The van der Waals surface area contributed by atoms with Gasteiger partial charge >= 0.3 is 11.9 Å². The molecule has 6 heteroatoms. The molecule has 0 aromatic heterocycles. The summed E-state index contributed by atoms with van der Waals surface area (Å²) in [6.07, 6.45) is 2.29. The molecule has 0 heterocycles. The van der Waals surface area contributed by atoms with Crippen LogP contribution in [0.1, 0.15) is 0 Å². The van der Waals surface area contributed by atoms with Gasteiger partial charge in [-0.1, -0.05) is 122 Å². The van der Waals surface area contributed by atoms with Crippen LogP contribution in [-0.2, 0) is 19.1 Å². The summed E-state index contributed by atoms with van der Waals surface area (Å²) in [5.41, 5.74) is 6.48. The molecule has 0 aliphatic heterocycles. The lowest BCUT2D eigenvalue weighted by atomic mass is 9.84. The molecule has 0 bridgehead atoms. The summed E-state index contributed by atoms with van der Waals surface area (Å²) < 4.78 is 22.7. The Morgan fingerprint density at radius 1 is 0.393 bits per heavy atom. The number of carbonyl (C=O) groups is 2. The Hall–Kier alpha value is -7.18. The van der Waals surface area contributed by atoms with Crippen molar-refractivity contribution in [2.75, 3.05) is 26.4 Å². The van der Waals surface area contributed by atoms with Gasteiger partial charge in [0.25, 0.3) is 0 Å². The fourth-order valence-corrected chi connectivity index (χ4v) is 7.34. The largest absolute Gasteiger partial charge is 0.489 e. The van der Waals surface area contributed by atoms with Gasteiger partial charge in [-0.05, 0) is 102 Å². The van der Waals surface area contributed by atoms with E-state index in [0.29, 0.717) is 11.5 Å². The van der Waals surface area contributed by atoms with Crippen LogP contribution in [0.4, 0.5) is 0 Å². The van der Waals surface area contributed by atoms with Crippen molar-refractivity contribution in [1.29, 1.82) is 0 Å². The molecule has 8 aromatic carbocycles. The molecule has 0 unspecified atom stereocenters. The van der Waals surface area contributed by atoms with Crippen molar-refractivity contribution in [3.63, 3.8) is 0 Å². The molecule has 0 atom stereocenters. The van der Waals surface area contributed by atoms with Gasteiger partial charge in [0.15, 0.2) is 0 Å². The second-order valence-electron chi connectivity index (χ2n) is 13.2. The van der Waals surface area contributed by atoms with Crippen LogP contribution in [0.25, 0.3) is 76.5 Å². The summed E-state index contributed by atoms with van der Waals surface area (Å²) in [6.45, 7) is 7.59. The van der Waals surface area contributed by atoms with Crippen LogP contribution in [-0.4, -0.2) is 38.4 Å². The van der Waals surface area contributed by atoms with Crippen molar-refractivity contribution in [1.82, 2.24) is 0 Å². The number of hydrogen-bond donors (Lipinski definition) is 0. The number of ether oxygens (including phenoxy) is 4. The fraction of sp³-hybridized carbons (Fsp3) is 0.0800. The summed E-state index contributed by atoms with van der Waals surface area (Å²) in [6, 6.07) is 50.8. The van der Waals surface area contributed by atoms with Crippen molar-refractivity contribution in [2.45, 2.75) is 0 Å². The van der Waals surface area contributed by atoms with E-state index in [0.717, 1.165) is 88.6 Å². The number of carbonyl (C=O) groups excluding carboxylic acids is 2. The third-order valence-electron chi connectivity index (χ3n) is 9.91. The number of fused-ring (bicyclic) bond motifs is 4. The maximum absolute atomic E-state index is 11.6. The molecule has 0 amide bonds. The Bertz CT molecular complexity index is 2610. The zero-order valence-electron chi connectivity index (χ0n) is 30.7. The summed E-state index contributed by atoms with van der Waals surface area (Å²) in [5.74, 6) is 0.458. The molecule has 8 aromatic rings. The van der Waals surface area contributed by atoms with Crippen molar-refractivity contribution in [3.8, 4) is 44.9 Å². The molecule has 6 nitrogen and oxygen atoms in total. The maximum atomic E-state index is 11.6. The fourth-order valence-electron chi connectivity index (χ4n) is 7.34. The van der Waals surface area contributed by atoms with E-state index >= 15 is 0 Å². The van der Waals surface area contributed by atoms with Gasteiger partial charge in [-0.15, -0.1) is 0 Å². The Morgan fingerprint density at radius 3 is 1.07 bits per heavy atom. The zero-order valence-corrected chi connectivity index (χ0v) is 30.7. The predicted octanol–water partition coefficient (Wildman–Crippen LogP) is 11.5. The molecular formula is C50H38O6. The SMILES string of the molecule is C=CC(=O)OCCOc1ccc(-c2cc3ccccc3cc2-c2cc3ccccc3cc2-c2ccc(OCCOC(=O)C=C)c3ccccc23)c2ccccc12. The van der Waals surface area contributed by atoms with Crippen molar-refractivity contribution < 1.29 is 28.5 Å². The predicted molar refractivity (Wildman–Crippen MR) is 226 cm³/mol. The van der Waals surface area contributed by atoms with Crippen LogP contribution in [0.5, 0.6) is 11.5 Å². The highest BCUT2D eigenvalue weighted by Gasteiger charge is 2.20. The second-order valence-corrected chi connectivity index (χ2v) is 13.2. The van der Waals surface area contributed by atoms with Crippen LogP contribution >= 0.6 is 0 Å². The zero-order chi connectivity index (χ0) is 38.4. The van der Waals surface area contributed by atoms with E-state index in [1.54, 1.807) is 0 Å². The van der Waals surface area contributed by atoms with Crippen LogP contribution in [0.3, 0.4) is 0 Å². The van der Waals surface area contributed by atoms with E-state index in [-0.39, 0.29) is 26.4 Å². The first kappa shape index (κ1) is 35.8. The minimum Gasteiger partial charge on any atom is -0.489 e. The normalized spacial score (nSPS) is 11.1. The van der Waals surface area contributed by atoms with E-state index < -0.39 is 11.9 Å². The molecule has 0 aliphatic carbocycles. The Balaban J connectivity index is 1.30. The van der Waals surface area contributed by atoms with Crippen molar-refractivity contribution in [2.24, 2.45) is 0 Å². The van der Waals surface area contributed by atoms with Gasteiger partial charge in [0.05, 0.1) is 0 Å². The molecule has 0 saturated heterocycles. The average molecular weight is 735 g/mol. The molecule has 0 N–H and O–H groups in total. The number of hydrogen-bond acceptors (Lipinski definition) is 6. The monoisotopic (exact) mass is 734 g/mol. The van der Waals surface area contributed by atoms with E-state index in [2.05, 4.69) is 122 Å². The highest BCUT2D eigenvalue weighted by atomic mass is 16.6. The highest BCUT2D eigenvalue weighted by Crippen LogP contribution is 2.46. The smallest absolute Gasteiger partial charge is 0.330 e. The first-order valence-corrected chi connectivity index (χ1v) is 18.5. The van der Waals surface area contributed by atoms with E-state index in [4.69, 9.17) is 18.9 Å². The molecule has 274 valence electrons. The Labute approximate surface area is 324 Å². The van der Waals surface area contributed by atoms with Crippen LogP contribution in [0.15, 0.2) is 171 Å². The topological polar surface area (TPSA) is 71.1 Å². The van der Waals surface area contributed by atoms with Crippen molar-refractivity contribution >= 4 is 55.0 Å². The van der Waals surface area contributed by atoms with Gasteiger partial charge in [-0.2, -0.15) is 0 Å². The van der Waals surface area contributed by atoms with Crippen LogP contribution < -0.4 is 9.47 Å². The van der Waals surface area contributed by atoms with Gasteiger partial charge in [0.1, 0.15) is 37.9 Å². The third-order valence-corrected chi connectivity index (χ3v) is 9.91.